The molecule has 1 aromatic heterocycles. The number of aromatic amines is 1. The SMILES string of the molecule is Cc1[nH]nc2c1[C@@H](c1ccc(OCc3ccc(F)cc3)cc1)SCC(=O)N2. The Bertz CT molecular complexity index is 954. The molecule has 0 spiro atoms. The molecule has 1 atom stereocenters. The van der Waals surface area contributed by atoms with E-state index in [0.29, 0.717) is 18.2 Å². The molecule has 4 rings (SSSR count). The predicted octanol–water partition coefficient (Wildman–Crippen LogP) is 4.21. The Labute approximate surface area is 160 Å². The van der Waals surface area contributed by atoms with E-state index in [1.165, 1.54) is 12.1 Å². The van der Waals surface area contributed by atoms with Gasteiger partial charge in [-0.1, -0.05) is 24.3 Å². The summed E-state index contributed by atoms with van der Waals surface area (Å²) in [5, 5.41) is 10.0. The highest BCUT2D eigenvalue weighted by atomic mass is 32.2. The highest BCUT2D eigenvalue weighted by Gasteiger charge is 2.28. The summed E-state index contributed by atoms with van der Waals surface area (Å²) >= 11 is 1.58. The molecule has 0 aliphatic carbocycles. The Morgan fingerprint density at radius 1 is 1.19 bits per heavy atom. The van der Waals surface area contributed by atoms with Crippen molar-refractivity contribution in [2.24, 2.45) is 0 Å². The van der Waals surface area contributed by atoms with Crippen LogP contribution in [0.25, 0.3) is 0 Å². The number of hydrogen-bond acceptors (Lipinski definition) is 4. The van der Waals surface area contributed by atoms with E-state index in [-0.39, 0.29) is 17.0 Å². The van der Waals surface area contributed by atoms with Crippen molar-refractivity contribution in [3.63, 3.8) is 0 Å². The number of hydrogen-bond donors (Lipinski definition) is 2. The first-order chi connectivity index (χ1) is 13.1. The molecule has 27 heavy (non-hydrogen) atoms. The first-order valence-electron chi connectivity index (χ1n) is 8.53. The number of halogens is 1. The Kier molecular flexibility index (Phi) is 4.85. The number of fused-ring (bicyclic) bond motifs is 1. The van der Waals surface area contributed by atoms with E-state index in [1.54, 1.807) is 23.9 Å². The van der Waals surface area contributed by atoms with Crippen LogP contribution in [0, 0.1) is 12.7 Å². The molecular weight excluding hydrogens is 365 g/mol. The van der Waals surface area contributed by atoms with E-state index >= 15 is 0 Å². The standard InChI is InChI=1S/C20H18FN3O2S/c1-12-18-19(27-11-17(25)22-20(18)24-23-12)14-4-8-16(9-5-14)26-10-13-2-6-15(21)7-3-13/h2-9,19H,10-11H2,1H3,(H2,22,23,24,25)/t19-/m1/s1. The van der Waals surface area contributed by atoms with E-state index in [0.717, 1.165) is 28.1 Å². The second-order valence-corrected chi connectivity index (χ2v) is 7.43. The molecule has 1 aliphatic rings. The van der Waals surface area contributed by atoms with E-state index in [9.17, 15) is 9.18 Å². The topological polar surface area (TPSA) is 67.0 Å². The molecule has 2 N–H and O–H groups in total. The molecule has 2 heterocycles. The summed E-state index contributed by atoms with van der Waals surface area (Å²) in [6, 6.07) is 14.1. The third kappa shape index (κ3) is 3.83. The van der Waals surface area contributed by atoms with Crippen molar-refractivity contribution in [2.45, 2.75) is 18.8 Å². The summed E-state index contributed by atoms with van der Waals surface area (Å²) in [5.74, 6) is 1.41. The minimum Gasteiger partial charge on any atom is -0.489 e. The van der Waals surface area contributed by atoms with Crippen LogP contribution in [-0.4, -0.2) is 21.9 Å². The zero-order valence-electron chi connectivity index (χ0n) is 14.7. The number of carbonyl (C=O) groups excluding carboxylic acids is 1. The minimum atomic E-state index is -0.258. The lowest BCUT2D eigenvalue weighted by Gasteiger charge is -2.16. The monoisotopic (exact) mass is 383 g/mol. The van der Waals surface area contributed by atoms with Crippen LogP contribution in [0.15, 0.2) is 48.5 Å². The lowest BCUT2D eigenvalue weighted by molar-refractivity contribution is -0.113. The lowest BCUT2D eigenvalue weighted by atomic mass is 10.0. The molecule has 1 aliphatic heterocycles. The normalized spacial score (nSPS) is 16.4. The van der Waals surface area contributed by atoms with Crippen LogP contribution in [0.5, 0.6) is 5.75 Å². The average Bonchev–Trinajstić information content (AvgIpc) is 2.93. The molecule has 0 saturated heterocycles. The summed E-state index contributed by atoms with van der Waals surface area (Å²) in [7, 11) is 0. The molecule has 0 radical (unpaired) electrons. The quantitative estimate of drug-likeness (QED) is 0.708. The maximum absolute atomic E-state index is 13.0. The molecule has 0 bridgehead atoms. The van der Waals surface area contributed by atoms with Crippen LogP contribution < -0.4 is 10.1 Å². The fourth-order valence-corrected chi connectivity index (χ4v) is 4.21. The zero-order valence-corrected chi connectivity index (χ0v) is 15.5. The van der Waals surface area contributed by atoms with Gasteiger partial charge in [0, 0.05) is 11.3 Å². The van der Waals surface area contributed by atoms with Gasteiger partial charge in [0.1, 0.15) is 18.2 Å². The van der Waals surface area contributed by atoms with Crippen molar-refractivity contribution in [3.05, 3.63) is 76.7 Å². The van der Waals surface area contributed by atoms with Gasteiger partial charge in [0.05, 0.1) is 11.0 Å². The van der Waals surface area contributed by atoms with Gasteiger partial charge in [-0.2, -0.15) is 5.10 Å². The molecular formula is C20H18FN3O2S. The first-order valence-corrected chi connectivity index (χ1v) is 9.58. The van der Waals surface area contributed by atoms with Crippen molar-refractivity contribution in [2.75, 3.05) is 11.1 Å². The molecule has 0 fully saturated rings. The van der Waals surface area contributed by atoms with Crippen molar-refractivity contribution < 1.29 is 13.9 Å². The summed E-state index contributed by atoms with van der Waals surface area (Å²) < 4.78 is 18.7. The van der Waals surface area contributed by atoms with E-state index in [4.69, 9.17) is 4.74 Å². The summed E-state index contributed by atoms with van der Waals surface area (Å²) in [4.78, 5) is 11.9. The van der Waals surface area contributed by atoms with Crippen LogP contribution in [0.3, 0.4) is 0 Å². The fourth-order valence-electron chi connectivity index (χ4n) is 3.01. The Hall–Kier alpha value is -2.80. The number of ether oxygens (including phenoxy) is 1. The average molecular weight is 383 g/mol. The maximum Gasteiger partial charge on any atom is 0.235 e. The molecule has 0 unspecified atom stereocenters. The molecule has 0 saturated carbocycles. The van der Waals surface area contributed by atoms with Crippen molar-refractivity contribution in [1.82, 2.24) is 10.2 Å². The Morgan fingerprint density at radius 3 is 2.67 bits per heavy atom. The number of aryl methyl sites for hydroxylation is 1. The van der Waals surface area contributed by atoms with Gasteiger partial charge >= 0.3 is 0 Å². The van der Waals surface area contributed by atoms with Gasteiger partial charge in [0.15, 0.2) is 5.82 Å². The number of anilines is 1. The number of nitrogens with zero attached hydrogens (tertiary/aromatic N) is 1. The van der Waals surface area contributed by atoms with Crippen LogP contribution in [0.4, 0.5) is 10.2 Å². The number of amides is 1. The van der Waals surface area contributed by atoms with Gasteiger partial charge in [0.2, 0.25) is 5.91 Å². The number of aromatic nitrogens is 2. The van der Waals surface area contributed by atoms with Gasteiger partial charge in [-0.25, -0.2) is 4.39 Å². The zero-order chi connectivity index (χ0) is 18.8. The molecule has 3 aromatic rings. The molecule has 7 heteroatoms. The van der Waals surface area contributed by atoms with E-state index in [2.05, 4.69) is 15.5 Å². The summed E-state index contributed by atoms with van der Waals surface area (Å²) in [6.45, 7) is 2.33. The van der Waals surface area contributed by atoms with Crippen LogP contribution >= 0.6 is 11.8 Å². The largest absolute Gasteiger partial charge is 0.489 e. The third-order valence-corrected chi connectivity index (χ3v) is 5.67. The van der Waals surface area contributed by atoms with Gasteiger partial charge in [-0.05, 0) is 42.3 Å². The van der Waals surface area contributed by atoms with Crippen LogP contribution in [-0.2, 0) is 11.4 Å². The highest BCUT2D eigenvalue weighted by molar-refractivity contribution is 8.00. The third-order valence-electron chi connectivity index (χ3n) is 4.40. The van der Waals surface area contributed by atoms with Crippen molar-refractivity contribution in [1.29, 1.82) is 0 Å². The summed E-state index contributed by atoms with van der Waals surface area (Å²) in [6.07, 6.45) is 0. The second kappa shape index (κ2) is 7.44. The number of thioether (sulfide) groups is 1. The van der Waals surface area contributed by atoms with Crippen molar-refractivity contribution in [3.8, 4) is 5.75 Å². The molecule has 1 amide bonds. The smallest absolute Gasteiger partial charge is 0.235 e. The van der Waals surface area contributed by atoms with E-state index in [1.807, 2.05) is 31.2 Å². The first kappa shape index (κ1) is 17.6. The molecule has 2 aromatic carbocycles. The Balaban J connectivity index is 1.51. The number of benzene rings is 2. The number of nitrogens with one attached hydrogen (secondary N) is 2. The van der Waals surface area contributed by atoms with Crippen molar-refractivity contribution >= 4 is 23.5 Å². The lowest BCUT2D eigenvalue weighted by Crippen LogP contribution is -2.12. The van der Waals surface area contributed by atoms with Gasteiger partial charge in [-0.15, -0.1) is 11.8 Å². The van der Waals surface area contributed by atoms with Gasteiger partial charge in [-0.3, -0.25) is 9.89 Å². The second-order valence-electron chi connectivity index (χ2n) is 6.33. The number of H-pyrrole nitrogens is 1. The summed E-state index contributed by atoms with van der Waals surface area (Å²) in [5.41, 5.74) is 3.94. The van der Waals surface area contributed by atoms with Crippen LogP contribution in [0.2, 0.25) is 0 Å². The molecule has 5 nitrogen and oxygen atoms in total. The number of carbonyl (C=O) groups is 1. The fraction of sp³-hybridized carbons (Fsp3) is 0.200. The predicted molar refractivity (Wildman–Crippen MR) is 103 cm³/mol. The number of rotatable bonds is 4. The minimum absolute atomic E-state index is 0.0175. The van der Waals surface area contributed by atoms with Gasteiger partial charge in [0.25, 0.3) is 0 Å². The van der Waals surface area contributed by atoms with Gasteiger partial charge < -0.3 is 10.1 Å². The van der Waals surface area contributed by atoms with Crippen LogP contribution in [0.1, 0.15) is 27.6 Å². The Morgan fingerprint density at radius 2 is 1.93 bits per heavy atom. The highest BCUT2D eigenvalue weighted by Crippen LogP contribution is 2.42. The molecule has 138 valence electrons. The maximum atomic E-state index is 13.0. The van der Waals surface area contributed by atoms with E-state index < -0.39 is 0 Å².